The molecule has 1 N–H and O–H groups in total. The summed E-state index contributed by atoms with van der Waals surface area (Å²) in [5.74, 6) is -0.0355. The second kappa shape index (κ2) is 5.47. The maximum Gasteiger partial charge on any atom is 0.330 e. The fourth-order valence-corrected chi connectivity index (χ4v) is 1.71. The smallest absolute Gasteiger partial charge is 0.330 e. The molecule has 1 aromatic heterocycles. The average molecular weight is 264 g/mol. The number of nitrogens with one attached hydrogen (secondary N) is 1. The van der Waals surface area contributed by atoms with Crippen molar-refractivity contribution >= 4 is 11.5 Å². The molecule has 1 aromatic carbocycles. The van der Waals surface area contributed by atoms with E-state index in [4.69, 9.17) is 0 Å². The lowest BCUT2D eigenvalue weighted by atomic mass is 10.1. The van der Waals surface area contributed by atoms with Crippen LogP contribution in [0.5, 0.6) is 0 Å². The summed E-state index contributed by atoms with van der Waals surface area (Å²) in [7, 11) is 1.62. The van der Waals surface area contributed by atoms with Crippen LogP contribution in [0.4, 0.5) is 15.9 Å². The summed E-state index contributed by atoms with van der Waals surface area (Å²) < 4.78 is 14.1. The van der Waals surface area contributed by atoms with Gasteiger partial charge in [-0.3, -0.25) is 14.8 Å². The van der Waals surface area contributed by atoms with E-state index < -0.39 is 4.92 Å². The summed E-state index contributed by atoms with van der Waals surface area (Å²) in [4.78, 5) is 10.3. The van der Waals surface area contributed by atoms with E-state index in [0.717, 1.165) is 5.56 Å². The Balaban J connectivity index is 1.96. The lowest BCUT2D eigenvalue weighted by Crippen LogP contribution is -2.07. The van der Waals surface area contributed by atoms with Gasteiger partial charge in [0, 0.05) is 13.6 Å². The monoisotopic (exact) mass is 264 g/mol. The predicted molar refractivity (Wildman–Crippen MR) is 68.5 cm³/mol. The first kappa shape index (κ1) is 13.0. The molecule has 0 spiro atoms. The van der Waals surface area contributed by atoms with Crippen molar-refractivity contribution in [2.24, 2.45) is 7.05 Å². The first-order valence-corrected chi connectivity index (χ1v) is 5.72. The van der Waals surface area contributed by atoms with Gasteiger partial charge in [-0.15, -0.1) is 5.10 Å². The zero-order valence-electron chi connectivity index (χ0n) is 10.3. The SMILES string of the molecule is Cn1cc([N+](=O)[O-])c(NCCc2ccc(F)cc2)n1. The van der Waals surface area contributed by atoms with Crippen LogP contribution in [-0.2, 0) is 13.5 Å². The lowest BCUT2D eigenvalue weighted by molar-refractivity contribution is -0.384. The zero-order valence-corrected chi connectivity index (χ0v) is 10.3. The predicted octanol–water partition coefficient (Wildman–Crippen LogP) is 2.12. The van der Waals surface area contributed by atoms with Crippen LogP contribution in [0.1, 0.15) is 5.56 Å². The Morgan fingerprint density at radius 2 is 2.11 bits per heavy atom. The fourth-order valence-electron chi connectivity index (χ4n) is 1.71. The topological polar surface area (TPSA) is 73.0 Å². The van der Waals surface area contributed by atoms with Crippen LogP contribution in [0.15, 0.2) is 30.5 Å². The van der Waals surface area contributed by atoms with Gasteiger partial charge in [-0.2, -0.15) is 0 Å². The first-order chi connectivity index (χ1) is 9.06. The van der Waals surface area contributed by atoms with Crippen LogP contribution in [0.25, 0.3) is 0 Å². The van der Waals surface area contributed by atoms with E-state index in [9.17, 15) is 14.5 Å². The van der Waals surface area contributed by atoms with Gasteiger partial charge in [-0.1, -0.05) is 12.1 Å². The van der Waals surface area contributed by atoms with Crippen LogP contribution >= 0.6 is 0 Å². The number of benzene rings is 1. The number of aromatic nitrogens is 2. The minimum atomic E-state index is -0.479. The van der Waals surface area contributed by atoms with Crippen LogP contribution in [-0.4, -0.2) is 21.2 Å². The van der Waals surface area contributed by atoms with Crippen molar-refractivity contribution in [2.75, 3.05) is 11.9 Å². The number of nitrogens with zero attached hydrogens (tertiary/aromatic N) is 3. The molecule has 0 unspecified atom stereocenters. The number of halogens is 1. The minimum Gasteiger partial charge on any atom is -0.363 e. The quantitative estimate of drug-likeness (QED) is 0.663. The molecule has 7 heteroatoms. The molecule has 6 nitrogen and oxygen atoms in total. The molecule has 0 fully saturated rings. The standard InChI is InChI=1S/C12H13FN4O2/c1-16-8-11(17(18)19)12(15-16)14-7-6-9-2-4-10(13)5-3-9/h2-5,8H,6-7H2,1H3,(H,14,15). The number of hydrogen-bond donors (Lipinski definition) is 1. The number of anilines is 1. The second-order valence-corrected chi connectivity index (χ2v) is 4.10. The third-order valence-corrected chi connectivity index (χ3v) is 2.63. The molecule has 0 atom stereocenters. The molecule has 0 amide bonds. The Hall–Kier alpha value is -2.44. The van der Waals surface area contributed by atoms with Crippen molar-refractivity contribution in [3.63, 3.8) is 0 Å². The summed E-state index contributed by atoms with van der Waals surface area (Å²) in [5.41, 5.74) is 0.897. The van der Waals surface area contributed by atoms with E-state index in [2.05, 4.69) is 10.4 Å². The number of aryl methyl sites for hydroxylation is 1. The maximum atomic E-state index is 12.7. The summed E-state index contributed by atoms with van der Waals surface area (Å²) in [5, 5.41) is 17.7. The third kappa shape index (κ3) is 3.27. The van der Waals surface area contributed by atoms with Gasteiger partial charge in [0.2, 0.25) is 5.82 Å². The van der Waals surface area contributed by atoms with Gasteiger partial charge in [-0.25, -0.2) is 4.39 Å². The molecule has 0 saturated heterocycles. The highest BCUT2D eigenvalue weighted by atomic mass is 19.1. The first-order valence-electron chi connectivity index (χ1n) is 5.72. The Kier molecular flexibility index (Phi) is 3.74. The van der Waals surface area contributed by atoms with Gasteiger partial charge in [0.15, 0.2) is 0 Å². The van der Waals surface area contributed by atoms with E-state index in [1.807, 2.05) is 0 Å². The summed E-state index contributed by atoms with van der Waals surface area (Å²) in [6.45, 7) is 0.490. The molecule has 0 aliphatic heterocycles. The van der Waals surface area contributed by atoms with Crippen molar-refractivity contribution < 1.29 is 9.31 Å². The molecule has 19 heavy (non-hydrogen) atoms. The third-order valence-electron chi connectivity index (χ3n) is 2.63. The van der Waals surface area contributed by atoms with Crippen LogP contribution in [0.3, 0.4) is 0 Å². The lowest BCUT2D eigenvalue weighted by Gasteiger charge is -2.03. The van der Waals surface area contributed by atoms with Crippen LogP contribution < -0.4 is 5.32 Å². The van der Waals surface area contributed by atoms with E-state index in [-0.39, 0.29) is 17.3 Å². The number of rotatable bonds is 5. The number of hydrogen-bond acceptors (Lipinski definition) is 4. The van der Waals surface area contributed by atoms with Crippen molar-refractivity contribution in [1.29, 1.82) is 0 Å². The van der Waals surface area contributed by atoms with Gasteiger partial charge in [0.1, 0.15) is 12.0 Å². The number of nitro groups is 1. The van der Waals surface area contributed by atoms with Gasteiger partial charge >= 0.3 is 5.69 Å². The molecule has 0 bridgehead atoms. The van der Waals surface area contributed by atoms with Gasteiger partial charge in [0.25, 0.3) is 0 Å². The maximum absolute atomic E-state index is 12.7. The van der Waals surface area contributed by atoms with Crippen molar-refractivity contribution in [3.05, 3.63) is 52.0 Å². The Bertz CT molecular complexity index is 580. The highest BCUT2D eigenvalue weighted by Gasteiger charge is 2.17. The highest BCUT2D eigenvalue weighted by Crippen LogP contribution is 2.21. The van der Waals surface area contributed by atoms with Crippen LogP contribution in [0, 0.1) is 15.9 Å². The molecular weight excluding hydrogens is 251 g/mol. The normalized spacial score (nSPS) is 10.4. The molecule has 0 radical (unpaired) electrons. The van der Waals surface area contributed by atoms with Crippen molar-refractivity contribution in [3.8, 4) is 0 Å². The molecule has 1 heterocycles. The van der Waals surface area contributed by atoms with E-state index >= 15 is 0 Å². The summed E-state index contributed by atoms with van der Waals surface area (Å²) in [6.07, 6.45) is 1.98. The average Bonchev–Trinajstić information content (AvgIpc) is 2.73. The zero-order chi connectivity index (χ0) is 13.8. The van der Waals surface area contributed by atoms with Gasteiger partial charge in [-0.05, 0) is 24.1 Å². The fraction of sp³-hybridized carbons (Fsp3) is 0.250. The van der Waals surface area contributed by atoms with Crippen molar-refractivity contribution in [2.45, 2.75) is 6.42 Å². The summed E-state index contributed by atoms with van der Waals surface area (Å²) in [6, 6.07) is 6.14. The molecular formula is C12H13FN4O2. The molecule has 100 valence electrons. The van der Waals surface area contributed by atoms with Crippen molar-refractivity contribution in [1.82, 2.24) is 9.78 Å². The van der Waals surface area contributed by atoms with E-state index in [0.29, 0.717) is 13.0 Å². The molecule has 0 saturated carbocycles. The Morgan fingerprint density at radius 3 is 2.74 bits per heavy atom. The Morgan fingerprint density at radius 1 is 1.42 bits per heavy atom. The molecule has 0 aliphatic rings. The van der Waals surface area contributed by atoms with Gasteiger partial charge < -0.3 is 5.32 Å². The highest BCUT2D eigenvalue weighted by molar-refractivity contribution is 5.54. The van der Waals surface area contributed by atoms with Crippen LogP contribution in [0.2, 0.25) is 0 Å². The summed E-state index contributed by atoms with van der Waals surface area (Å²) >= 11 is 0. The van der Waals surface area contributed by atoms with Gasteiger partial charge in [0.05, 0.1) is 4.92 Å². The van der Waals surface area contributed by atoms with E-state index in [1.165, 1.54) is 23.0 Å². The largest absolute Gasteiger partial charge is 0.363 e. The Labute approximate surface area is 109 Å². The second-order valence-electron chi connectivity index (χ2n) is 4.10. The molecule has 2 aromatic rings. The minimum absolute atomic E-state index is 0.0541. The molecule has 0 aliphatic carbocycles. The van der Waals surface area contributed by atoms with E-state index in [1.54, 1.807) is 19.2 Å². The molecule has 2 rings (SSSR count).